The first-order valence-corrected chi connectivity index (χ1v) is 5.13. The zero-order chi connectivity index (χ0) is 9.84. The Morgan fingerprint density at radius 3 is 2.69 bits per heavy atom. The number of hydrogen-bond acceptors (Lipinski definition) is 1. The summed E-state index contributed by atoms with van der Waals surface area (Å²) in [4.78, 5) is 0. The first-order valence-electron chi connectivity index (χ1n) is 4.34. The van der Waals surface area contributed by atoms with Crippen LogP contribution in [0.2, 0.25) is 0 Å². The number of hydrogen-bond donors (Lipinski definition) is 1. The van der Waals surface area contributed by atoms with Crippen molar-refractivity contribution >= 4 is 15.9 Å². The van der Waals surface area contributed by atoms with Gasteiger partial charge in [-0.15, -0.1) is 0 Å². The topological polar surface area (TPSA) is 26.0 Å². The van der Waals surface area contributed by atoms with Gasteiger partial charge < -0.3 is 5.73 Å². The fourth-order valence-electron chi connectivity index (χ4n) is 1.35. The SMILES string of the molecule is CCC(CN)c1ccc(F)cc1Br. The summed E-state index contributed by atoms with van der Waals surface area (Å²) in [6.45, 7) is 2.67. The molecule has 1 unspecified atom stereocenters. The van der Waals surface area contributed by atoms with Crippen LogP contribution < -0.4 is 5.73 Å². The number of rotatable bonds is 3. The van der Waals surface area contributed by atoms with Crippen LogP contribution >= 0.6 is 15.9 Å². The van der Waals surface area contributed by atoms with Crippen LogP contribution in [0.25, 0.3) is 0 Å². The Kier molecular flexibility index (Phi) is 3.88. The molecule has 0 fully saturated rings. The molecule has 0 bridgehead atoms. The zero-order valence-electron chi connectivity index (χ0n) is 7.56. The van der Waals surface area contributed by atoms with Crippen LogP contribution in [0.4, 0.5) is 4.39 Å². The van der Waals surface area contributed by atoms with Crippen molar-refractivity contribution in [3.63, 3.8) is 0 Å². The quantitative estimate of drug-likeness (QED) is 0.871. The Bertz CT molecular complexity index is 284. The van der Waals surface area contributed by atoms with Gasteiger partial charge in [-0.1, -0.05) is 28.9 Å². The van der Waals surface area contributed by atoms with Gasteiger partial charge in [0.2, 0.25) is 0 Å². The van der Waals surface area contributed by atoms with Crippen LogP contribution in [0, 0.1) is 5.82 Å². The van der Waals surface area contributed by atoms with Crippen LogP contribution in [-0.4, -0.2) is 6.54 Å². The monoisotopic (exact) mass is 245 g/mol. The highest BCUT2D eigenvalue weighted by Crippen LogP contribution is 2.27. The molecule has 0 aromatic heterocycles. The van der Waals surface area contributed by atoms with E-state index < -0.39 is 0 Å². The summed E-state index contributed by atoms with van der Waals surface area (Å²) in [7, 11) is 0. The Hall–Kier alpha value is -0.410. The van der Waals surface area contributed by atoms with E-state index in [1.54, 1.807) is 6.07 Å². The minimum atomic E-state index is -0.220. The second-order valence-corrected chi connectivity index (χ2v) is 3.86. The zero-order valence-corrected chi connectivity index (χ0v) is 9.14. The first-order chi connectivity index (χ1) is 6.19. The van der Waals surface area contributed by atoms with Crippen LogP contribution in [0.5, 0.6) is 0 Å². The average Bonchev–Trinajstić information content (AvgIpc) is 2.10. The highest BCUT2D eigenvalue weighted by Gasteiger charge is 2.10. The van der Waals surface area contributed by atoms with Crippen LogP contribution in [0.15, 0.2) is 22.7 Å². The molecule has 2 N–H and O–H groups in total. The third-order valence-corrected chi connectivity index (χ3v) is 2.87. The lowest BCUT2D eigenvalue weighted by atomic mass is 9.97. The summed E-state index contributed by atoms with van der Waals surface area (Å²) in [5.41, 5.74) is 6.70. The van der Waals surface area contributed by atoms with Crippen molar-refractivity contribution in [3.8, 4) is 0 Å². The summed E-state index contributed by atoms with van der Waals surface area (Å²) < 4.78 is 13.6. The van der Waals surface area contributed by atoms with Crippen LogP contribution in [0.1, 0.15) is 24.8 Å². The largest absolute Gasteiger partial charge is 0.330 e. The molecule has 0 radical (unpaired) electrons. The fraction of sp³-hybridized carbons (Fsp3) is 0.400. The molecule has 0 saturated carbocycles. The molecule has 1 aromatic carbocycles. The van der Waals surface area contributed by atoms with E-state index in [0.29, 0.717) is 12.5 Å². The van der Waals surface area contributed by atoms with Crippen molar-refractivity contribution in [1.29, 1.82) is 0 Å². The highest BCUT2D eigenvalue weighted by atomic mass is 79.9. The van der Waals surface area contributed by atoms with Gasteiger partial charge in [-0.2, -0.15) is 0 Å². The van der Waals surface area contributed by atoms with Gasteiger partial charge in [0, 0.05) is 4.47 Å². The van der Waals surface area contributed by atoms with Crippen molar-refractivity contribution in [2.75, 3.05) is 6.54 Å². The van der Waals surface area contributed by atoms with Crippen molar-refractivity contribution in [2.24, 2.45) is 5.73 Å². The number of benzene rings is 1. The molecule has 0 aliphatic rings. The van der Waals surface area contributed by atoms with Gasteiger partial charge in [-0.25, -0.2) is 4.39 Å². The van der Waals surface area contributed by atoms with E-state index in [9.17, 15) is 4.39 Å². The molecule has 0 saturated heterocycles. The van der Waals surface area contributed by atoms with Gasteiger partial charge in [-0.3, -0.25) is 0 Å². The lowest BCUT2D eigenvalue weighted by molar-refractivity contribution is 0.620. The van der Waals surface area contributed by atoms with Crippen LogP contribution in [-0.2, 0) is 0 Å². The van der Waals surface area contributed by atoms with E-state index in [1.165, 1.54) is 12.1 Å². The Labute approximate surface area is 86.3 Å². The molecule has 13 heavy (non-hydrogen) atoms. The molecule has 1 nitrogen and oxygen atoms in total. The van der Waals surface area contributed by atoms with E-state index >= 15 is 0 Å². The van der Waals surface area contributed by atoms with Crippen LogP contribution in [0.3, 0.4) is 0 Å². The molecule has 0 aliphatic carbocycles. The first kappa shape index (κ1) is 10.7. The van der Waals surface area contributed by atoms with E-state index in [-0.39, 0.29) is 5.82 Å². The van der Waals surface area contributed by atoms with Gasteiger partial charge in [0.05, 0.1) is 0 Å². The van der Waals surface area contributed by atoms with Gasteiger partial charge in [-0.05, 0) is 36.6 Å². The normalized spacial score (nSPS) is 12.9. The summed E-state index contributed by atoms with van der Waals surface area (Å²) in [6.07, 6.45) is 0.973. The fourth-order valence-corrected chi connectivity index (χ4v) is 2.02. The minimum Gasteiger partial charge on any atom is -0.330 e. The maximum Gasteiger partial charge on any atom is 0.124 e. The maximum absolute atomic E-state index is 12.8. The predicted molar refractivity (Wildman–Crippen MR) is 56.2 cm³/mol. The summed E-state index contributed by atoms with van der Waals surface area (Å²) in [6, 6.07) is 4.74. The lowest BCUT2D eigenvalue weighted by Crippen LogP contribution is -2.12. The van der Waals surface area contributed by atoms with E-state index in [4.69, 9.17) is 5.73 Å². The molecule has 1 aromatic rings. The summed E-state index contributed by atoms with van der Waals surface area (Å²) >= 11 is 3.33. The summed E-state index contributed by atoms with van der Waals surface area (Å²) in [5.74, 6) is 0.0949. The highest BCUT2D eigenvalue weighted by molar-refractivity contribution is 9.10. The number of nitrogens with two attached hydrogens (primary N) is 1. The Morgan fingerprint density at radius 1 is 1.54 bits per heavy atom. The average molecular weight is 246 g/mol. The molecular formula is C10H13BrFN. The maximum atomic E-state index is 12.8. The Balaban J connectivity index is 2.99. The molecule has 1 atom stereocenters. The van der Waals surface area contributed by atoms with Crippen molar-refractivity contribution in [3.05, 3.63) is 34.1 Å². The van der Waals surface area contributed by atoms with E-state index in [2.05, 4.69) is 22.9 Å². The lowest BCUT2D eigenvalue weighted by Gasteiger charge is -2.14. The van der Waals surface area contributed by atoms with Crippen molar-refractivity contribution < 1.29 is 4.39 Å². The van der Waals surface area contributed by atoms with Crippen molar-refractivity contribution in [1.82, 2.24) is 0 Å². The molecule has 0 amide bonds. The second kappa shape index (κ2) is 4.72. The van der Waals surface area contributed by atoms with Gasteiger partial charge in [0.25, 0.3) is 0 Å². The minimum absolute atomic E-state index is 0.220. The smallest absolute Gasteiger partial charge is 0.124 e. The molecule has 0 heterocycles. The van der Waals surface area contributed by atoms with E-state index in [1.807, 2.05) is 0 Å². The van der Waals surface area contributed by atoms with Crippen molar-refractivity contribution in [2.45, 2.75) is 19.3 Å². The summed E-state index contributed by atoms with van der Waals surface area (Å²) in [5, 5.41) is 0. The Morgan fingerprint density at radius 2 is 2.23 bits per heavy atom. The standard InChI is InChI=1S/C10H13BrFN/c1-2-7(6-13)9-4-3-8(12)5-10(9)11/h3-5,7H,2,6,13H2,1H3. The van der Waals surface area contributed by atoms with Gasteiger partial charge in [0.1, 0.15) is 5.82 Å². The van der Waals surface area contributed by atoms with Gasteiger partial charge >= 0.3 is 0 Å². The third kappa shape index (κ3) is 2.51. The number of halogens is 2. The molecule has 0 aliphatic heterocycles. The molecule has 1 rings (SSSR count). The predicted octanol–water partition coefficient (Wildman–Crippen LogP) is 3.04. The second-order valence-electron chi connectivity index (χ2n) is 3.01. The van der Waals surface area contributed by atoms with E-state index in [0.717, 1.165) is 16.5 Å². The third-order valence-electron chi connectivity index (χ3n) is 2.18. The molecular weight excluding hydrogens is 233 g/mol. The van der Waals surface area contributed by atoms with Gasteiger partial charge in [0.15, 0.2) is 0 Å². The molecule has 3 heteroatoms. The molecule has 72 valence electrons. The molecule has 0 spiro atoms.